The van der Waals surface area contributed by atoms with Crippen LogP contribution >= 0.6 is 15.9 Å². The summed E-state index contributed by atoms with van der Waals surface area (Å²) in [6.07, 6.45) is 0. The van der Waals surface area contributed by atoms with Gasteiger partial charge in [0.05, 0.1) is 16.9 Å². The number of carboxylic acids is 1. The van der Waals surface area contributed by atoms with Crippen LogP contribution in [0.15, 0.2) is 46.9 Å². The largest absolute Gasteiger partial charge is 0.478 e. The Morgan fingerprint density at radius 2 is 2.05 bits per heavy atom. The second-order valence-corrected chi connectivity index (χ2v) is 5.64. The molecule has 0 unspecified atom stereocenters. The summed E-state index contributed by atoms with van der Waals surface area (Å²) in [5, 5.41) is 8.99. The quantitative estimate of drug-likeness (QED) is 0.807. The Hall–Kier alpha value is -2.01. The van der Waals surface area contributed by atoms with Crippen LogP contribution in [0.25, 0.3) is 0 Å². The van der Waals surface area contributed by atoms with Crippen LogP contribution in [0.5, 0.6) is 0 Å². The average Bonchev–Trinajstić information content (AvgIpc) is 2.45. The van der Waals surface area contributed by atoms with Gasteiger partial charge in [-0.15, -0.1) is 0 Å². The van der Waals surface area contributed by atoms with Gasteiger partial charge in [0.1, 0.15) is 0 Å². The second kappa shape index (κ2) is 6.63. The molecule has 5 heteroatoms. The van der Waals surface area contributed by atoms with Crippen molar-refractivity contribution in [3.8, 4) is 0 Å². The number of nitrogens with zero attached hydrogens (tertiary/aromatic N) is 1. The van der Waals surface area contributed by atoms with Crippen LogP contribution in [-0.4, -0.2) is 17.6 Å². The van der Waals surface area contributed by atoms with Crippen molar-refractivity contribution >= 4 is 33.3 Å². The lowest BCUT2D eigenvalue weighted by atomic mass is 10.1. The number of nitrogens with two attached hydrogens (primary N) is 1. The van der Waals surface area contributed by atoms with E-state index in [9.17, 15) is 4.79 Å². The first-order chi connectivity index (χ1) is 10.0. The van der Waals surface area contributed by atoms with Crippen LogP contribution in [0.2, 0.25) is 0 Å². The highest BCUT2D eigenvalue weighted by molar-refractivity contribution is 9.10. The van der Waals surface area contributed by atoms with E-state index in [1.165, 1.54) is 6.07 Å². The van der Waals surface area contributed by atoms with Crippen LogP contribution in [0, 0.1) is 0 Å². The van der Waals surface area contributed by atoms with E-state index in [0.29, 0.717) is 12.2 Å². The van der Waals surface area contributed by atoms with Crippen molar-refractivity contribution in [1.29, 1.82) is 0 Å². The number of carboxylic acid groups (broad SMARTS) is 1. The molecule has 0 aliphatic carbocycles. The van der Waals surface area contributed by atoms with E-state index in [0.717, 1.165) is 22.3 Å². The minimum atomic E-state index is -0.969. The van der Waals surface area contributed by atoms with Crippen molar-refractivity contribution in [3.05, 3.63) is 58.1 Å². The first-order valence-electron chi connectivity index (χ1n) is 6.63. The molecule has 0 aliphatic heterocycles. The van der Waals surface area contributed by atoms with Crippen molar-refractivity contribution < 1.29 is 9.90 Å². The standard InChI is InChI=1S/C16H17BrN2O2/c1-2-19(10-11-4-3-5-13(17)8-11)15-7-6-12(16(20)21)9-14(15)18/h3-9H,2,10,18H2,1H3,(H,20,21). The van der Waals surface area contributed by atoms with Gasteiger partial charge in [0.25, 0.3) is 0 Å². The van der Waals surface area contributed by atoms with Crippen LogP contribution in [0.3, 0.4) is 0 Å². The smallest absolute Gasteiger partial charge is 0.335 e. The molecule has 0 aliphatic rings. The third-order valence-corrected chi connectivity index (χ3v) is 3.75. The molecule has 2 rings (SSSR count). The number of hydrogen-bond acceptors (Lipinski definition) is 3. The van der Waals surface area contributed by atoms with Crippen LogP contribution in [0.4, 0.5) is 11.4 Å². The molecule has 0 spiro atoms. The van der Waals surface area contributed by atoms with Gasteiger partial charge in [0.2, 0.25) is 0 Å². The molecule has 3 N–H and O–H groups in total. The molecule has 0 atom stereocenters. The van der Waals surface area contributed by atoms with E-state index in [1.807, 2.05) is 19.1 Å². The molecule has 0 saturated heterocycles. The number of rotatable bonds is 5. The maximum atomic E-state index is 11.0. The van der Waals surface area contributed by atoms with Crippen molar-refractivity contribution in [2.24, 2.45) is 0 Å². The fourth-order valence-electron chi connectivity index (χ4n) is 2.20. The molecule has 0 amide bonds. The van der Waals surface area contributed by atoms with Gasteiger partial charge >= 0.3 is 5.97 Å². The summed E-state index contributed by atoms with van der Waals surface area (Å²) in [5.41, 5.74) is 8.70. The van der Waals surface area contributed by atoms with Gasteiger partial charge in [0.15, 0.2) is 0 Å². The highest BCUT2D eigenvalue weighted by Gasteiger charge is 2.12. The van der Waals surface area contributed by atoms with Crippen LogP contribution in [-0.2, 0) is 6.54 Å². The van der Waals surface area contributed by atoms with Gasteiger partial charge in [-0.1, -0.05) is 28.1 Å². The van der Waals surface area contributed by atoms with Crippen molar-refractivity contribution in [2.45, 2.75) is 13.5 Å². The van der Waals surface area contributed by atoms with E-state index in [1.54, 1.807) is 12.1 Å². The Kier molecular flexibility index (Phi) is 4.85. The maximum Gasteiger partial charge on any atom is 0.335 e. The topological polar surface area (TPSA) is 66.6 Å². The summed E-state index contributed by atoms with van der Waals surface area (Å²) >= 11 is 3.46. The lowest BCUT2D eigenvalue weighted by Gasteiger charge is -2.25. The van der Waals surface area contributed by atoms with E-state index in [2.05, 4.69) is 33.0 Å². The zero-order chi connectivity index (χ0) is 15.4. The summed E-state index contributed by atoms with van der Waals surface area (Å²) in [4.78, 5) is 13.1. The molecular formula is C16H17BrN2O2. The molecule has 2 aromatic carbocycles. The highest BCUT2D eigenvalue weighted by Crippen LogP contribution is 2.26. The van der Waals surface area contributed by atoms with Gasteiger partial charge in [-0.3, -0.25) is 0 Å². The molecule has 0 fully saturated rings. The molecular weight excluding hydrogens is 332 g/mol. The minimum Gasteiger partial charge on any atom is -0.478 e. The number of nitrogen functional groups attached to an aromatic ring is 1. The van der Waals surface area contributed by atoms with Crippen LogP contribution in [0.1, 0.15) is 22.8 Å². The van der Waals surface area contributed by atoms with Gasteiger partial charge in [-0.2, -0.15) is 0 Å². The third-order valence-electron chi connectivity index (χ3n) is 3.26. The minimum absolute atomic E-state index is 0.203. The summed E-state index contributed by atoms with van der Waals surface area (Å²) < 4.78 is 1.03. The number of hydrogen-bond donors (Lipinski definition) is 2. The van der Waals surface area contributed by atoms with Crippen molar-refractivity contribution in [2.75, 3.05) is 17.2 Å². The van der Waals surface area contributed by atoms with E-state index in [-0.39, 0.29) is 5.56 Å². The summed E-state index contributed by atoms with van der Waals surface area (Å²) in [6, 6.07) is 12.9. The fourth-order valence-corrected chi connectivity index (χ4v) is 2.65. The molecule has 0 saturated carbocycles. The Morgan fingerprint density at radius 1 is 1.29 bits per heavy atom. The molecule has 0 radical (unpaired) electrons. The molecule has 0 aromatic heterocycles. The number of halogens is 1. The van der Waals surface area contributed by atoms with Gasteiger partial charge in [-0.25, -0.2) is 4.79 Å². The monoisotopic (exact) mass is 348 g/mol. The predicted molar refractivity (Wildman–Crippen MR) is 88.7 cm³/mol. The lowest BCUT2D eigenvalue weighted by Crippen LogP contribution is -2.23. The zero-order valence-electron chi connectivity index (χ0n) is 11.7. The highest BCUT2D eigenvalue weighted by atomic mass is 79.9. The number of carbonyl (C=O) groups is 1. The zero-order valence-corrected chi connectivity index (χ0v) is 13.3. The Balaban J connectivity index is 2.27. The number of benzene rings is 2. The predicted octanol–water partition coefficient (Wildman–Crippen LogP) is 3.76. The van der Waals surface area contributed by atoms with Gasteiger partial charge < -0.3 is 15.7 Å². The summed E-state index contributed by atoms with van der Waals surface area (Å²) in [5.74, 6) is -0.969. The Labute approximate surface area is 132 Å². The fraction of sp³-hybridized carbons (Fsp3) is 0.188. The molecule has 0 heterocycles. The van der Waals surface area contributed by atoms with Crippen molar-refractivity contribution in [1.82, 2.24) is 0 Å². The van der Waals surface area contributed by atoms with E-state index < -0.39 is 5.97 Å². The summed E-state index contributed by atoms with van der Waals surface area (Å²) in [6.45, 7) is 3.54. The third kappa shape index (κ3) is 3.76. The first-order valence-corrected chi connectivity index (χ1v) is 7.42. The summed E-state index contributed by atoms with van der Waals surface area (Å²) in [7, 11) is 0. The van der Waals surface area contributed by atoms with E-state index >= 15 is 0 Å². The van der Waals surface area contributed by atoms with Crippen LogP contribution < -0.4 is 10.6 Å². The average molecular weight is 349 g/mol. The first kappa shape index (κ1) is 15.4. The Morgan fingerprint density at radius 3 is 2.62 bits per heavy atom. The van der Waals surface area contributed by atoms with E-state index in [4.69, 9.17) is 10.8 Å². The number of anilines is 2. The lowest BCUT2D eigenvalue weighted by molar-refractivity contribution is 0.0697. The maximum absolute atomic E-state index is 11.0. The second-order valence-electron chi connectivity index (χ2n) is 4.72. The number of aromatic carboxylic acids is 1. The molecule has 0 bridgehead atoms. The van der Waals surface area contributed by atoms with Gasteiger partial charge in [0, 0.05) is 17.6 Å². The van der Waals surface area contributed by atoms with Gasteiger partial charge in [-0.05, 0) is 42.8 Å². The Bertz CT molecular complexity index is 658. The normalized spacial score (nSPS) is 10.4. The molecule has 4 nitrogen and oxygen atoms in total. The van der Waals surface area contributed by atoms with Crippen molar-refractivity contribution in [3.63, 3.8) is 0 Å². The molecule has 2 aromatic rings. The molecule has 21 heavy (non-hydrogen) atoms. The SMILES string of the molecule is CCN(Cc1cccc(Br)c1)c1ccc(C(=O)O)cc1N. The molecule has 110 valence electrons.